The maximum atomic E-state index is 12.3. The summed E-state index contributed by atoms with van der Waals surface area (Å²) in [5.74, 6) is 0.642. The molecule has 2 aromatic rings. The van der Waals surface area contributed by atoms with Crippen molar-refractivity contribution in [2.24, 2.45) is 4.99 Å². The average Bonchev–Trinajstić information content (AvgIpc) is 2.70. The Balaban J connectivity index is 1.91. The van der Waals surface area contributed by atoms with E-state index in [0.29, 0.717) is 24.2 Å². The monoisotopic (exact) mass is 431 g/mol. The van der Waals surface area contributed by atoms with Crippen LogP contribution >= 0.6 is 11.6 Å². The summed E-state index contributed by atoms with van der Waals surface area (Å²) >= 11 is 5.82. The number of amides is 1. The Kier molecular flexibility index (Phi) is 8.92. The molecule has 1 amide bonds. The second-order valence-corrected chi connectivity index (χ2v) is 8.12. The summed E-state index contributed by atoms with van der Waals surface area (Å²) in [5, 5.41) is 9.94. The molecule has 0 fully saturated rings. The molecule has 162 valence electrons. The van der Waals surface area contributed by atoms with E-state index in [9.17, 15) is 4.79 Å². The zero-order valence-corrected chi connectivity index (χ0v) is 18.7. The highest BCUT2D eigenvalue weighted by molar-refractivity contribution is 6.29. The Morgan fingerprint density at radius 2 is 1.90 bits per heavy atom. The van der Waals surface area contributed by atoms with Crippen LogP contribution in [-0.2, 0) is 11.2 Å². The van der Waals surface area contributed by atoms with Crippen molar-refractivity contribution in [2.45, 2.75) is 38.8 Å². The minimum Gasteiger partial charge on any atom is -0.444 e. The van der Waals surface area contributed by atoms with E-state index in [-0.39, 0.29) is 6.04 Å². The number of aromatic nitrogens is 1. The van der Waals surface area contributed by atoms with Crippen LogP contribution in [0.5, 0.6) is 0 Å². The van der Waals surface area contributed by atoms with Crippen molar-refractivity contribution in [3.8, 4) is 0 Å². The molecule has 0 saturated heterocycles. The molecule has 1 atom stereocenters. The van der Waals surface area contributed by atoms with Gasteiger partial charge in [-0.3, -0.25) is 4.99 Å². The largest absolute Gasteiger partial charge is 0.444 e. The van der Waals surface area contributed by atoms with E-state index in [4.69, 9.17) is 16.3 Å². The smallest absolute Gasteiger partial charge is 0.408 e. The molecule has 0 aliphatic carbocycles. The van der Waals surface area contributed by atoms with E-state index < -0.39 is 11.7 Å². The van der Waals surface area contributed by atoms with Crippen LogP contribution in [-0.4, -0.2) is 42.8 Å². The Bertz CT molecular complexity index is 820. The molecule has 0 radical (unpaired) electrons. The minimum atomic E-state index is -0.563. The van der Waals surface area contributed by atoms with E-state index in [1.54, 1.807) is 19.3 Å². The fourth-order valence-electron chi connectivity index (χ4n) is 2.69. The van der Waals surface area contributed by atoms with E-state index in [1.807, 2.05) is 57.2 Å². The van der Waals surface area contributed by atoms with Gasteiger partial charge in [0.2, 0.25) is 0 Å². The number of nitrogens with zero attached hydrogens (tertiary/aromatic N) is 2. The van der Waals surface area contributed by atoms with E-state index in [1.165, 1.54) is 0 Å². The Morgan fingerprint density at radius 3 is 2.50 bits per heavy atom. The van der Waals surface area contributed by atoms with Gasteiger partial charge in [-0.2, -0.15) is 0 Å². The lowest BCUT2D eigenvalue weighted by atomic mass is 10.1. The molecule has 0 spiro atoms. The highest BCUT2D eigenvalue weighted by Crippen LogP contribution is 2.14. The molecule has 7 nitrogen and oxygen atoms in total. The average molecular weight is 432 g/mol. The van der Waals surface area contributed by atoms with Gasteiger partial charge < -0.3 is 20.7 Å². The molecule has 30 heavy (non-hydrogen) atoms. The van der Waals surface area contributed by atoms with Gasteiger partial charge in [0.15, 0.2) is 5.96 Å². The van der Waals surface area contributed by atoms with Gasteiger partial charge in [0.1, 0.15) is 10.8 Å². The Labute approximate surface area is 183 Å². The summed E-state index contributed by atoms with van der Waals surface area (Å²) in [6.07, 6.45) is 2.08. The van der Waals surface area contributed by atoms with Crippen LogP contribution in [0.15, 0.2) is 53.7 Å². The molecule has 1 heterocycles. The van der Waals surface area contributed by atoms with Gasteiger partial charge >= 0.3 is 6.09 Å². The van der Waals surface area contributed by atoms with Crippen molar-refractivity contribution in [3.63, 3.8) is 0 Å². The first-order valence-electron chi connectivity index (χ1n) is 9.86. The molecule has 8 heteroatoms. The van der Waals surface area contributed by atoms with Gasteiger partial charge in [-0.05, 0) is 44.4 Å². The number of rotatable bonds is 7. The van der Waals surface area contributed by atoms with Crippen LogP contribution < -0.4 is 16.0 Å². The summed E-state index contributed by atoms with van der Waals surface area (Å²) in [5.41, 5.74) is 1.49. The number of hydrogen-bond acceptors (Lipinski definition) is 4. The fourth-order valence-corrected chi connectivity index (χ4v) is 2.80. The summed E-state index contributed by atoms with van der Waals surface area (Å²) in [6, 6.07) is 13.2. The number of hydrogen-bond donors (Lipinski definition) is 3. The van der Waals surface area contributed by atoms with E-state index in [2.05, 4.69) is 25.9 Å². The first-order chi connectivity index (χ1) is 14.3. The van der Waals surface area contributed by atoms with Crippen LogP contribution in [0.4, 0.5) is 4.79 Å². The highest BCUT2D eigenvalue weighted by atomic mass is 35.5. The zero-order chi connectivity index (χ0) is 22.0. The number of carbonyl (C=O) groups is 1. The topological polar surface area (TPSA) is 87.6 Å². The number of halogens is 1. The van der Waals surface area contributed by atoms with Crippen molar-refractivity contribution >= 4 is 23.7 Å². The second-order valence-electron chi connectivity index (χ2n) is 7.73. The number of guanidine groups is 1. The van der Waals surface area contributed by atoms with Crippen LogP contribution in [0.2, 0.25) is 5.15 Å². The van der Waals surface area contributed by atoms with Crippen molar-refractivity contribution in [3.05, 3.63) is 64.9 Å². The lowest BCUT2D eigenvalue weighted by Gasteiger charge is -2.24. The van der Waals surface area contributed by atoms with Gasteiger partial charge in [-0.1, -0.05) is 48.0 Å². The molecule has 1 aromatic carbocycles. The molecule has 0 aliphatic heterocycles. The van der Waals surface area contributed by atoms with E-state index in [0.717, 1.165) is 17.5 Å². The Hall–Kier alpha value is -2.80. The summed E-state index contributed by atoms with van der Waals surface area (Å²) in [6.45, 7) is 6.64. The van der Waals surface area contributed by atoms with Gasteiger partial charge in [-0.15, -0.1) is 0 Å². The van der Waals surface area contributed by atoms with Crippen LogP contribution in [0.1, 0.15) is 37.9 Å². The van der Waals surface area contributed by atoms with Crippen molar-refractivity contribution in [1.29, 1.82) is 0 Å². The highest BCUT2D eigenvalue weighted by Gasteiger charge is 2.20. The molecule has 0 saturated carbocycles. The first kappa shape index (κ1) is 23.5. The fraction of sp³-hybridized carbons (Fsp3) is 0.409. The molecule has 2 rings (SSSR count). The zero-order valence-electron chi connectivity index (χ0n) is 17.9. The lowest BCUT2D eigenvalue weighted by Crippen LogP contribution is -2.44. The molecule has 1 unspecified atom stereocenters. The number of pyridine rings is 1. The quantitative estimate of drug-likeness (QED) is 0.353. The number of alkyl carbamates (subject to hydrolysis) is 1. The van der Waals surface area contributed by atoms with Crippen molar-refractivity contribution in [2.75, 3.05) is 20.1 Å². The molecule has 3 N–H and O–H groups in total. The van der Waals surface area contributed by atoms with Crippen LogP contribution in [0.25, 0.3) is 0 Å². The summed E-state index contributed by atoms with van der Waals surface area (Å²) < 4.78 is 5.41. The van der Waals surface area contributed by atoms with Gasteiger partial charge in [0, 0.05) is 26.3 Å². The maximum Gasteiger partial charge on any atom is 0.408 e. The first-order valence-corrected chi connectivity index (χ1v) is 10.2. The number of ether oxygens (including phenoxy) is 1. The van der Waals surface area contributed by atoms with Crippen molar-refractivity contribution in [1.82, 2.24) is 20.9 Å². The second kappa shape index (κ2) is 11.4. The third-order valence-electron chi connectivity index (χ3n) is 4.08. The Morgan fingerprint density at radius 1 is 1.17 bits per heavy atom. The van der Waals surface area contributed by atoms with Crippen LogP contribution in [0.3, 0.4) is 0 Å². The third kappa shape index (κ3) is 8.69. The van der Waals surface area contributed by atoms with Gasteiger partial charge in [0.05, 0.1) is 6.04 Å². The molecular weight excluding hydrogens is 402 g/mol. The molecule has 0 bridgehead atoms. The SMILES string of the molecule is CN=C(NCCc1ccc(Cl)nc1)NCC(NC(=O)OC(C)(C)C)c1ccccc1. The standard InChI is InChI=1S/C22H30ClN5O2/c1-22(2,3)30-21(29)28-18(17-8-6-5-7-9-17)15-27-20(24-4)25-13-12-16-10-11-19(23)26-14-16/h5-11,14,18H,12-13,15H2,1-4H3,(H,28,29)(H2,24,25,27). The number of benzene rings is 1. The molecule has 1 aromatic heterocycles. The number of nitrogens with one attached hydrogen (secondary N) is 3. The van der Waals surface area contributed by atoms with Gasteiger partial charge in [0.25, 0.3) is 0 Å². The lowest BCUT2D eigenvalue weighted by molar-refractivity contribution is 0.0504. The summed E-state index contributed by atoms with van der Waals surface area (Å²) in [7, 11) is 1.71. The van der Waals surface area contributed by atoms with Crippen LogP contribution in [0, 0.1) is 0 Å². The molecular formula is C22H30ClN5O2. The third-order valence-corrected chi connectivity index (χ3v) is 4.31. The maximum absolute atomic E-state index is 12.3. The predicted octanol–water partition coefficient (Wildman–Crippen LogP) is 3.71. The molecule has 0 aliphatic rings. The predicted molar refractivity (Wildman–Crippen MR) is 121 cm³/mol. The number of carbonyl (C=O) groups excluding carboxylic acids is 1. The number of aliphatic imine (C=N–C) groups is 1. The van der Waals surface area contributed by atoms with E-state index >= 15 is 0 Å². The normalized spacial score (nSPS) is 12.8. The van der Waals surface area contributed by atoms with Gasteiger partial charge in [-0.25, -0.2) is 9.78 Å². The van der Waals surface area contributed by atoms with Crippen molar-refractivity contribution < 1.29 is 9.53 Å². The summed E-state index contributed by atoms with van der Waals surface area (Å²) in [4.78, 5) is 20.6. The minimum absolute atomic E-state index is 0.278.